The lowest BCUT2D eigenvalue weighted by molar-refractivity contribution is 0.111. The number of aromatic hydroxyl groups is 2. The van der Waals surface area contributed by atoms with Gasteiger partial charge in [-0.05, 0) is 25.0 Å². The average molecular weight is 226 g/mol. The van der Waals surface area contributed by atoms with E-state index in [9.17, 15) is 15.0 Å². The molecule has 0 aromatic heterocycles. The Morgan fingerprint density at radius 3 is 1.88 bits per heavy atom. The number of carbonyl (C=O) groups excluding carboxylic acids is 1. The van der Waals surface area contributed by atoms with E-state index in [0.717, 1.165) is 0 Å². The normalized spacial score (nSPS) is 9.31. The average Bonchev–Trinajstić information content (AvgIpc) is 2.33. The molecule has 0 aliphatic carbocycles. The molecule has 0 saturated carbocycles. The van der Waals surface area contributed by atoms with E-state index in [2.05, 4.69) is 0 Å². The van der Waals surface area contributed by atoms with Crippen LogP contribution in [0.4, 0.5) is 0 Å². The van der Waals surface area contributed by atoms with Crippen LogP contribution in [0, 0.1) is 13.8 Å². The standard InChI is InChI=1S/C10H12O4.C2H6/c1-5-6(2)10(14)8(4-12)7(3-11)9(5)13;1-2/h3,12-14H,4H2,1-2H3;1-2H3. The van der Waals surface area contributed by atoms with Crippen molar-refractivity contribution in [1.29, 1.82) is 0 Å². The van der Waals surface area contributed by atoms with E-state index in [0.29, 0.717) is 17.4 Å². The zero-order valence-electron chi connectivity index (χ0n) is 10.0. The number of aliphatic hydroxyl groups excluding tert-OH is 1. The van der Waals surface area contributed by atoms with Gasteiger partial charge in [-0.1, -0.05) is 13.8 Å². The molecule has 1 rings (SSSR count). The number of benzene rings is 1. The van der Waals surface area contributed by atoms with E-state index in [1.807, 2.05) is 13.8 Å². The van der Waals surface area contributed by atoms with Crippen LogP contribution in [0.1, 0.15) is 40.9 Å². The molecule has 0 radical (unpaired) electrons. The maximum Gasteiger partial charge on any atom is 0.154 e. The van der Waals surface area contributed by atoms with Gasteiger partial charge in [0.2, 0.25) is 0 Å². The fourth-order valence-corrected chi connectivity index (χ4v) is 1.34. The van der Waals surface area contributed by atoms with Crippen LogP contribution in [0.2, 0.25) is 0 Å². The number of hydrogen-bond donors (Lipinski definition) is 3. The lowest BCUT2D eigenvalue weighted by atomic mass is 9.98. The Kier molecular flexibility index (Phi) is 5.53. The van der Waals surface area contributed by atoms with Gasteiger partial charge < -0.3 is 15.3 Å². The van der Waals surface area contributed by atoms with Crippen molar-refractivity contribution >= 4 is 6.29 Å². The number of aliphatic hydroxyl groups is 1. The highest BCUT2D eigenvalue weighted by Gasteiger charge is 2.17. The van der Waals surface area contributed by atoms with Crippen LogP contribution in [0.25, 0.3) is 0 Å². The Bertz CT molecular complexity index is 383. The Hall–Kier alpha value is -1.55. The third-order valence-electron chi connectivity index (χ3n) is 2.41. The molecule has 3 N–H and O–H groups in total. The first-order valence-corrected chi connectivity index (χ1v) is 5.14. The van der Waals surface area contributed by atoms with Gasteiger partial charge in [-0.3, -0.25) is 4.79 Å². The summed E-state index contributed by atoms with van der Waals surface area (Å²) in [6.45, 7) is 6.73. The summed E-state index contributed by atoms with van der Waals surface area (Å²) in [4.78, 5) is 10.6. The van der Waals surface area contributed by atoms with Crippen molar-refractivity contribution in [2.45, 2.75) is 34.3 Å². The number of phenols is 2. The second kappa shape index (κ2) is 6.12. The van der Waals surface area contributed by atoms with Gasteiger partial charge >= 0.3 is 0 Å². The Balaban J connectivity index is 0.00000106. The lowest BCUT2D eigenvalue weighted by Crippen LogP contribution is -1.98. The summed E-state index contributed by atoms with van der Waals surface area (Å²) in [5.41, 5.74) is 0.938. The number of carbonyl (C=O) groups is 1. The van der Waals surface area contributed by atoms with Crippen LogP contribution in [-0.4, -0.2) is 21.6 Å². The first-order valence-electron chi connectivity index (χ1n) is 5.14. The van der Waals surface area contributed by atoms with E-state index < -0.39 is 6.61 Å². The van der Waals surface area contributed by atoms with Crippen LogP contribution < -0.4 is 0 Å². The predicted octanol–water partition coefficient (Wildman–Crippen LogP) is 2.05. The second-order valence-corrected chi connectivity index (χ2v) is 3.12. The van der Waals surface area contributed by atoms with Gasteiger partial charge in [0, 0.05) is 5.56 Å². The number of hydrogen-bond acceptors (Lipinski definition) is 4. The molecule has 90 valence electrons. The molecule has 0 aliphatic rings. The molecule has 0 atom stereocenters. The van der Waals surface area contributed by atoms with Crippen LogP contribution in [0.15, 0.2) is 0 Å². The van der Waals surface area contributed by atoms with Crippen molar-refractivity contribution in [2.24, 2.45) is 0 Å². The summed E-state index contributed by atoms with van der Waals surface area (Å²) >= 11 is 0. The molecular weight excluding hydrogens is 208 g/mol. The zero-order valence-corrected chi connectivity index (χ0v) is 10.0. The molecule has 0 unspecified atom stereocenters. The molecule has 0 bridgehead atoms. The Morgan fingerprint density at radius 2 is 1.50 bits per heavy atom. The second-order valence-electron chi connectivity index (χ2n) is 3.12. The molecule has 0 heterocycles. The van der Waals surface area contributed by atoms with Gasteiger partial charge in [0.1, 0.15) is 11.5 Å². The first kappa shape index (κ1) is 14.5. The molecule has 4 heteroatoms. The van der Waals surface area contributed by atoms with Crippen molar-refractivity contribution in [2.75, 3.05) is 0 Å². The SMILES string of the molecule is CC.Cc1c(C)c(O)c(CO)c(C=O)c1O. The highest BCUT2D eigenvalue weighted by atomic mass is 16.3. The molecule has 0 aliphatic heterocycles. The quantitative estimate of drug-likeness (QED) is 0.532. The number of aldehydes is 1. The van der Waals surface area contributed by atoms with Crippen LogP contribution in [-0.2, 0) is 6.61 Å². The molecule has 0 spiro atoms. The smallest absolute Gasteiger partial charge is 0.154 e. The Labute approximate surface area is 95.2 Å². The van der Waals surface area contributed by atoms with Crippen molar-refractivity contribution in [3.05, 3.63) is 22.3 Å². The molecular formula is C12H18O4. The molecule has 1 aromatic rings. The van der Waals surface area contributed by atoms with Gasteiger partial charge in [-0.25, -0.2) is 0 Å². The van der Waals surface area contributed by atoms with Gasteiger partial charge in [-0.15, -0.1) is 0 Å². The van der Waals surface area contributed by atoms with Crippen molar-refractivity contribution in [1.82, 2.24) is 0 Å². The molecule has 0 amide bonds. The van der Waals surface area contributed by atoms with E-state index >= 15 is 0 Å². The molecule has 4 nitrogen and oxygen atoms in total. The third kappa shape index (κ3) is 2.33. The highest BCUT2D eigenvalue weighted by molar-refractivity contribution is 5.84. The monoisotopic (exact) mass is 226 g/mol. The summed E-state index contributed by atoms with van der Waals surface area (Å²) in [6.07, 6.45) is 0.424. The maximum atomic E-state index is 10.6. The topological polar surface area (TPSA) is 77.8 Å². The van der Waals surface area contributed by atoms with Crippen molar-refractivity contribution in [3.8, 4) is 11.5 Å². The minimum atomic E-state index is -0.478. The number of rotatable bonds is 2. The summed E-state index contributed by atoms with van der Waals surface area (Å²) in [6, 6.07) is 0. The summed E-state index contributed by atoms with van der Waals surface area (Å²) in [5.74, 6) is -0.316. The van der Waals surface area contributed by atoms with Gasteiger partial charge in [0.25, 0.3) is 0 Å². The Morgan fingerprint density at radius 1 is 1.06 bits per heavy atom. The highest BCUT2D eigenvalue weighted by Crippen LogP contribution is 2.35. The van der Waals surface area contributed by atoms with Crippen LogP contribution in [0.3, 0.4) is 0 Å². The van der Waals surface area contributed by atoms with Gasteiger partial charge in [0.05, 0.1) is 12.2 Å². The van der Waals surface area contributed by atoms with Crippen LogP contribution in [0.5, 0.6) is 11.5 Å². The first-order chi connectivity index (χ1) is 7.54. The third-order valence-corrected chi connectivity index (χ3v) is 2.41. The summed E-state index contributed by atoms with van der Waals surface area (Å²) in [5, 5.41) is 28.1. The number of phenolic OH excluding ortho intramolecular Hbond substituents is 1. The maximum absolute atomic E-state index is 10.6. The molecule has 1 aromatic carbocycles. The minimum absolute atomic E-state index is 0.0481. The van der Waals surface area contributed by atoms with Crippen molar-refractivity contribution < 1.29 is 20.1 Å². The lowest BCUT2D eigenvalue weighted by Gasteiger charge is -2.13. The predicted molar refractivity (Wildman–Crippen MR) is 61.9 cm³/mol. The van der Waals surface area contributed by atoms with Crippen molar-refractivity contribution in [3.63, 3.8) is 0 Å². The van der Waals surface area contributed by atoms with E-state index in [-0.39, 0.29) is 22.6 Å². The minimum Gasteiger partial charge on any atom is -0.507 e. The molecule has 0 fully saturated rings. The fraction of sp³-hybridized carbons (Fsp3) is 0.417. The van der Waals surface area contributed by atoms with E-state index in [1.165, 1.54) is 0 Å². The van der Waals surface area contributed by atoms with Crippen LogP contribution >= 0.6 is 0 Å². The fourth-order valence-electron chi connectivity index (χ4n) is 1.34. The summed E-state index contributed by atoms with van der Waals surface area (Å²) < 4.78 is 0. The molecule has 0 saturated heterocycles. The van der Waals surface area contributed by atoms with Gasteiger partial charge in [-0.2, -0.15) is 0 Å². The largest absolute Gasteiger partial charge is 0.507 e. The summed E-state index contributed by atoms with van der Waals surface area (Å²) in [7, 11) is 0. The van der Waals surface area contributed by atoms with Gasteiger partial charge in [0.15, 0.2) is 6.29 Å². The van der Waals surface area contributed by atoms with E-state index in [1.54, 1.807) is 13.8 Å². The molecule has 16 heavy (non-hydrogen) atoms. The van der Waals surface area contributed by atoms with E-state index in [4.69, 9.17) is 5.11 Å². The zero-order chi connectivity index (χ0) is 12.9.